The largest absolute Gasteiger partial charge is 0.496 e. The first-order valence-corrected chi connectivity index (χ1v) is 5.50. The van der Waals surface area contributed by atoms with Crippen LogP contribution in [0.2, 0.25) is 0 Å². The van der Waals surface area contributed by atoms with Crippen molar-refractivity contribution in [2.24, 2.45) is 0 Å². The van der Waals surface area contributed by atoms with Gasteiger partial charge in [-0.05, 0) is 34.5 Å². The summed E-state index contributed by atoms with van der Waals surface area (Å²) in [6.07, 6.45) is 0.457. The molecule has 0 atom stereocenters. The van der Waals surface area contributed by atoms with Gasteiger partial charge in [-0.2, -0.15) is 0 Å². The molecule has 0 aliphatic heterocycles. The van der Waals surface area contributed by atoms with Crippen LogP contribution < -0.4 is 9.47 Å². The molecule has 0 heterocycles. The van der Waals surface area contributed by atoms with Crippen LogP contribution in [0, 0.1) is 0 Å². The van der Waals surface area contributed by atoms with Gasteiger partial charge < -0.3 is 14.6 Å². The molecule has 0 bridgehead atoms. The molecule has 0 aliphatic carbocycles. The highest BCUT2D eigenvalue weighted by atomic mass is 79.9. The van der Waals surface area contributed by atoms with Crippen molar-refractivity contribution in [1.29, 1.82) is 0 Å². The molecule has 0 unspecified atom stereocenters. The van der Waals surface area contributed by atoms with Gasteiger partial charge >= 0.3 is 5.97 Å². The number of carboxylic acid groups (broad SMARTS) is 1. The van der Waals surface area contributed by atoms with Crippen LogP contribution in [0.1, 0.15) is 12.0 Å². The van der Waals surface area contributed by atoms with Crippen LogP contribution in [-0.4, -0.2) is 25.3 Å². The molecule has 0 aliphatic rings. The van der Waals surface area contributed by atoms with Gasteiger partial charge in [0.2, 0.25) is 0 Å². The van der Waals surface area contributed by atoms with Crippen LogP contribution in [0.15, 0.2) is 16.6 Å². The van der Waals surface area contributed by atoms with E-state index in [0.717, 1.165) is 10.0 Å². The third kappa shape index (κ3) is 2.88. The maximum Gasteiger partial charge on any atom is 0.303 e. The number of methoxy groups -OCH3 is 2. The number of rotatable bonds is 5. The van der Waals surface area contributed by atoms with E-state index in [9.17, 15) is 4.79 Å². The number of aliphatic carboxylic acids is 1. The van der Waals surface area contributed by atoms with Gasteiger partial charge in [-0.15, -0.1) is 0 Å². The van der Waals surface area contributed by atoms with Gasteiger partial charge in [-0.1, -0.05) is 0 Å². The molecule has 88 valence electrons. The number of ether oxygens (including phenoxy) is 2. The Balaban J connectivity index is 3.05. The Morgan fingerprint density at radius 3 is 2.38 bits per heavy atom. The van der Waals surface area contributed by atoms with E-state index in [0.29, 0.717) is 17.9 Å². The molecule has 1 N–H and O–H groups in total. The van der Waals surface area contributed by atoms with Crippen molar-refractivity contribution >= 4 is 21.9 Å². The summed E-state index contributed by atoms with van der Waals surface area (Å²) < 4.78 is 11.1. The first-order valence-electron chi connectivity index (χ1n) is 4.71. The van der Waals surface area contributed by atoms with Crippen molar-refractivity contribution in [2.45, 2.75) is 12.8 Å². The summed E-state index contributed by atoms with van der Waals surface area (Å²) in [5, 5.41) is 8.67. The lowest BCUT2D eigenvalue weighted by Crippen LogP contribution is -2.01. The second kappa shape index (κ2) is 5.75. The number of carbonyl (C=O) groups is 1. The summed E-state index contributed by atoms with van der Waals surface area (Å²) in [7, 11) is 3.12. The monoisotopic (exact) mass is 288 g/mol. The molecule has 16 heavy (non-hydrogen) atoms. The molecule has 0 radical (unpaired) electrons. The number of benzene rings is 1. The van der Waals surface area contributed by atoms with Crippen LogP contribution >= 0.6 is 15.9 Å². The maximum atomic E-state index is 10.6. The standard InChI is InChI=1S/C11H13BrO4/c1-15-8-4-5-9(16-2)11(12)7(8)3-6-10(13)14/h4-5H,3,6H2,1-2H3,(H,13,14). The molecule has 1 rings (SSSR count). The third-order valence-corrected chi connectivity index (χ3v) is 3.06. The van der Waals surface area contributed by atoms with Gasteiger partial charge in [0, 0.05) is 12.0 Å². The summed E-state index contributed by atoms with van der Waals surface area (Å²) in [4.78, 5) is 10.6. The number of hydrogen-bond donors (Lipinski definition) is 1. The zero-order valence-electron chi connectivity index (χ0n) is 9.12. The van der Waals surface area contributed by atoms with Crippen molar-refractivity contribution < 1.29 is 19.4 Å². The van der Waals surface area contributed by atoms with Gasteiger partial charge in [0.05, 0.1) is 18.7 Å². The first-order chi connectivity index (χ1) is 7.60. The summed E-state index contributed by atoms with van der Waals surface area (Å²) >= 11 is 3.39. The maximum absolute atomic E-state index is 10.6. The fourth-order valence-electron chi connectivity index (χ4n) is 1.40. The average Bonchev–Trinajstić information content (AvgIpc) is 2.26. The second-order valence-electron chi connectivity index (χ2n) is 3.16. The van der Waals surface area contributed by atoms with Crippen molar-refractivity contribution in [3.8, 4) is 11.5 Å². The van der Waals surface area contributed by atoms with Gasteiger partial charge in [-0.25, -0.2) is 0 Å². The topological polar surface area (TPSA) is 55.8 Å². The van der Waals surface area contributed by atoms with Crippen molar-refractivity contribution in [3.63, 3.8) is 0 Å². The Kier molecular flexibility index (Phi) is 4.61. The fourth-order valence-corrected chi connectivity index (χ4v) is 2.08. The summed E-state index contributed by atoms with van der Waals surface area (Å²) in [5.41, 5.74) is 0.809. The lowest BCUT2D eigenvalue weighted by atomic mass is 10.1. The molecule has 5 heteroatoms. The van der Waals surface area contributed by atoms with E-state index in [2.05, 4.69) is 15.9 Å². The highest BCUT2D eigenvalue weighted by Gasteiger charge is 2.13. The minimum Gasteiger partial charge on any atom is -0.496 e. The molecule has 0 fully saturated rings. The SMILES string of the molecule is COc1ccc(OC)c(CCC(=O)O)c1Br. The quantitative estimate of drug-likeness (QED) is 0.904. The molecule has 0 saturated heterocycles. The highest BCUT2D eigenvalue weighted by Crippen LogP contribution is 2.35. The number of carboxylic acids is 1. The lowest BCUT2D eigenvalue weighted by molar-refractivity contribution is -0.136. The van der Waals surface area contributed by atoms with Gasteiger partial charge in [0.25, 0.3) is 0 Å². The van der Waals surface area contributed by atoms with Crippen molar-refractivity contribution in [2.75, 3.05) is 14.2 Å². The molecule has 1 aromatic rings. The molecule has 0 aromatic heterocycles. The zero-order valence-corrected chi connectivity index (χ0v) is 10.7. The van der Waals surface area contributed by atoms with Crippen molar-refractivity contribution in [1.82, 2.24) is 0 Å². The molecule has 0 spiro atoms. The van der Waals surface area contributed by atoms with Crippen LogP contribution in [-0.2, 0) is 11.2 Å². The smallest absolute Gasteiger partial charge is 0.303 e. The van der Waals surface area contributed by atoms with Crippen LogP contribution in [0.5, 0.6) is 11.5 Å². The van der Waals surface area contributed by atoms with Crippen molar-refractivity contribution in [3.05, 3.63) is 22.2 Å². The van der Waals surface area contributed by atoms with Gasteiger partial charge in [0.15, 0.2) is 0 Å². The van der Waals surface area contributed by atoms with E-state index < -0.39 is 5.97 Å². The van der Waals surface area contributed by atoms with E-state index in [4.69, 9.17) is 14.6 Å². The van der Waals surface area contributed by atoms with Crippen LogP contribution in [0.3, 0.4) is 0 Å². The second-order valence-corrected chi connectivity index (χ2v) is 3.95. The van der Waals surface area contributed by atoms with Crippen LogP contribution in [0.25, 0.3) is 0 Å². The summed E-state index contributed by atoms with van der Waals surface area (Å²) in [6, 6.07) is 3.54. The average molecular weight is 289 g/mol. The van der Waals surface area contributed by atoms with Gasteiger partial charge in [-0.3, -0.25) is 4.79 Å². The number of hydrogen-bond acceptors (Lipinski definition) is 3. The Morgan fingerprint density at radius 2 is 1.88 bits per heavy atom. The Hall–Kier alpha value is -1.23. The summed E-state index contributed by atoms with van der Waals surface area (Å²) in [5.74, 6) is 0.492. The summed E-state index contributed by atoms with van der Waals surface area (Å²) in [6.45, 7) is 0. The van der Waals surface area contributed by atoms with Gasteiger partial charge in [0.1, 0.15) is 11.5 Å². The zero-order chi connectivity index (χ0) is 12.1. The molecule has 1 aromatic carbocycles. The molecular formula is C11H13BrO4. The Bertz CT molecular complexity index is 390. The fraction of sp³-hybridized carbons (Fsp3) is 0.364. The molecule has 0 amide bonds. The Morgan fingerprint density at radius 1 is 1.31 bits per heavy atom. The molecular weight excluding hydrogens is 276 g/mol. The van der Waals surface area contributed by atoms with E-state index in [-0.39, 0.29) is 6.42 Å². The highest BCUT2D eigenvalue weighted by molar-refractivity contribution is 9.10. The third-order valence-electron chi connectivity index (χ3n) is 2.19. The normalized spacial score (nSPS) is 9.94. The predicted octanol–water partition coefficient (Wildman–Crippen LogP) is 2.48. The minimum absolute atomic E-state index is 0.0577. The minimum atomic E-state index is -0.836. The van der Waals surface area contributed by atoms with E-state index in [1.54, 1.807) is 26.4 Å². The van der Waals surface area contributed by atoms with E-state index in [1.807, 2.05) is 0 Å². The van der Waals surface area contributed by atoms with E-state index >= 15 is 0 Å². The Labute approximate surface area is 102 Å². The number of halogens is 1. The molecule has 0 saturated carbocycles. The van der Waals surface area contributed by atoms with E-state index in [1.165, 1.54) is 0 Å². The predicted molar refractivity (Wildman–Crippen MR) is 63.2 cm³/mol. The first kappa shape index (κ1) is 12.8. The van der Waals surface area contributed by atoms with Crippen LogP contribution in [0.4, 0.5) is 0 Å². The molecule has 4 nitrogen and oxygen atoms in total. The lowest BCUT2D eigenvalue weighted by Gasteiger charge is -2.12.